The first kappa shape index (κ1) is 11.2. The molecule has 1 rings (SSSR count). The third kappa shape index (κ3) is 3.46. The Morgan fingerprint density at radius 2 is 2.36 bits per heavy atom. The molecular formula is C12H18O2. The second-order valence-electron chi connectivity index (χ2n) is 3.70. The van der Waals surface area contributed by atoms with Crippen LogP contribution < -0.4 is 0 Å². The van der Waals surface area contributed by atoms with E-state index in [9.17, 15) is 9.90 Å². The van der Waals surface area contributed by atoms with Crippen molar-refractivity contribution in [2.45, 2.75) is 45.1 Å². The molecule has 1 aliphatic rings. The van der Waals surface area contributed by atoms with E-state index >= 15 is 0 Å². The fourth-order valence-corrected chi connectivity index (χ4v) is 1.54. The quantitative estimate of drug-likeness (QED) is 0.539. The van der Waals surface area contributed by atoms with Crippen LogP contribution in [0, 0.1) is 0 Å². The molecule has 0 saturated heterocycles. The number of hydrogen-bond acceptors (Lipinski definition) is 2. The number of allylic oxidation sites excluding steroid dienone is 3. The van der Waals surface area contributed by atoms with E-state index in [0.717, 1.165) is 12.0 Å². The molecule has 0 radical (unpaired) electrons. The zero-order valence-corrected chi connectivity index (χ0v) is 8.70. The maximum atomic E-state index is 11.2. The molecule has 1 atom stereocenters. The van der Waals surface area contributed by atoms with Crippen LogP contribution in [0.4, 0.5) is 0 Å². The summed E-state index contributed by atoms with van der Waals surface area (Å²) in [4.78, 5) is 11.2. The van der Waals surface area contributed by atoms with E-state index in [1.165, 1.54) is 12.8 Å². The first-order valence-electron chi connectivity index (χ1n) is 5.31. The summed E-state index contributed by atoms with van der Waals surface area (Å²) in [5.41, 5.74) is 0.769. The van der Waals surface area contributed by atoms with Crippen LogP contribution in [0.3, 0.4) is 0 Å². The van der Waals surface area contributed by atoms with Gasteiger partial charge in [-0.3, -0.25) is 4.79 Å². The summed E-state index contributed by atoms with van der Waals surface area (Å²) in [5, 5.41) is 9.19. The number of carbonyl (C=O) groups is 1. The number of unbranched alkanes of at least 4 members (excludes halogenated alkanes) is 2. The molecule has 14 heavy (non-hydrogen) atoms. The molecule has 0 aromatic rings. The van der Waals surface area contributed by atoms with Gasteiger partial charge in [0.15, 0.2) is 5.78 Å². The van der Waals surface area contributed by atoms with Gasteiger partial charge in [0.25, 0.3) is 0 Å². The van der Waals surface area contributed by atoms with Crippen LogP contribution in [0.25, 0.3) is 0 Å². The van der Waals surface area contributed by atoms with Crippen LogP contribution in [-0.4, -0.2) is 17.0 Å². The minimum absolute atomic E-state index is 0.0950. The highest BCUT2D eigenvalue weighted by Gasteiger charge is 2.20. The van der Waals surface area contributed by atoms with Crippen molar-refractivity contribution in [3.05, 3.63) is 23.8 Å². The van der Waals surface area contributed by atoms with Crippen molar-refractivity contribution in [3.8, 4) is 0 Å². The highest BCUT2D eigenvalue weighted by atomic mass is 16.3. The first-order chi connectivity index (χ1) is 6.74. The molecule has 1 N–H and O–H groups in total. The number of Topliss-reactive ketones (excluding diaryl/α,β-unsaturated/α-hetero) is 1. The monoisotopic (exact) mass is 194 g/mol. The maximum absolute atomic E-state index is 11.2. The minimum atomic E-state index is -0.540. The summed E-state index contributed by atoms with van der Waals surface area (Å²) in [6.07, 6.45) is 9.71. The van der Waals surface area contributed by atoms with Crippen molar-refractivity contribution in [2.75, 3.05) is 0 Å². The Bertz CT molecular complexity index is 251. The third-order valence-electron chi connectivity index (χ3n) is 2.38. The van der Waals surface area contributed by atoms with Crippen molar-refractivity contribution in [2.24, 2.45) is 0 Å². The van der Waals surface area contributed by atoms with Gasteiger partial charge in [-0.05, 0) is 24.5 Å². The number of carbonyl (C=O) groups excluding carboxylic acids is 1. The van der Waals surface area contributed by atoms with Crippen LogP contribution in [-0.2, 0) is 4.79 Å². The molecule has 1 unspecified atom stereocenters. The lowest BCUT2D eigenvalue weighted by Gasteiger charge is -1.93. The molecule has 2 nitrogen and oxygen atoms in total. The summed E-state index contributed by atoms with van der Waals surface area (Å²) in [6, 6.07) is 0. The lowest BCUT2D eigenvalue weighted by Crippen LogP contribution is -2.00. The first-order valence-corrected chi connectivity index (χ1v) is 5.31. The molecule has 0 aliphatic heterocycles. The number of aliphatic hydroxyl groups is 1. The van der Waals surface area contributed by atoms with Gasteiger partial charge in [0.1, 0.15) is 0 Å². The fraction of sp³-hybridized carbons (Fsp3) is 0.583. The van der Waals surface area contributed by atoms with Gasteiger partial charge in [0.05, 0.1) is 6.10 Å². The summed E-state index contributed by atoms with van der Waals surface area (Å²) in [5.74, 6) is 0.0950. The Hall–Kier alpha value is -0.890. The molecule has 2 heteroatoms. The highest BCUT2D eigenvalue weighted by molar-refractivity contribution is 5.98. The number of hydrogen-bond donors (Lipinski definition) is 1. The predicted molar refractivity (Wildman–Crippen MR) is 57.0 cm³/mol. The van der Waals surface area contributed by atoms with E-state index in [4.69, 9.17) is 0 Å². The van der Waals surface area contributed by atoms with E-state index in [1.807, 2.05) is 6.08 Å². The molecule has 0 saturated carbocycles. The molecule has 0 heterocycles. The number of aliphatic hydroxyl groups excluding tert-OH is 1. The van der Waals surface area contributed by atoms with Gasteiger partial charge in [-0.25, -0.2) is 0 Å². The van der Waals surface area contributed by atoms with Gasteiger partial charge in [-0.1, -0.05) is 31.9 Å². The van der Waals surface area contributed by atoms with E-state index in [1.54, 1.807) is 6.08 Å². The maximum Gasteiger partial charge on any atom is 0.161 e. The molecule has 0 bridgehead atoms. The smallest absolute Gasteiger partial charge is 0.161 e. The van der Waals surface area contributed by atoms with Crippen LogP contribution in [0.1, 0.15) is 39.0 Å². The number of ketones is 1. The molecule has 0 fully saturated rings. The second-order valence-corrected chi connectivity index (χ2v) is 3.70. The average Bonchev–Trinajstić information content (AvgIpc) is 2.45. The average molecular weight is 194 g/mol. The zero-order chi connectivity index (χ0) is 10.4. The van der Waals surface area contributed by atoms with Gasteiger partial charge >= 0.3 is 0 Å². The van der Waals surface area contributed by atoms with E-state index in [-0.39, 0.29) is 12.2 Å². The van der Waals surface area contributed by atoms with Gasteiger partial charge in [-0.2, -0.15) is 0 Å². The molecule has 0 aromatic heterocycles. The van der Waals surface area contributed by atoms with Gasteiger partial charge in [-0.15, -0.1) is 0 Å². The third-order valence-corrected chi connectivity index (χ3v) is 2.38. The van der Waals surface area contributed by atoms with Crippen molar-refractivity contribution >= 4 is 5.78 Å². The summed E-state index contributed by atoms with van der Waals surface area (Å²) in [6.45, 7) is 2.16. The number of rotatable bonds is 5. The largest absolute Gasteiger partial charge is 0.389 e. The topological polar surface area (TPSA) is 37.3 Å². The lowest BCUT2D eigenvalue weighted by molar-refractivity contribution is -0.115. The van der Waals surface area contributed by atoms with Crippen LogP contribution >= 0.6 is 0 Å². The SMILES string of the molecule is CCCC/C=C\CC1=CC(O)CC1=O. The van der Waals surface area contributed by atoms with E-state index < -0.39 is 6.10 Å². The van der Waals surface area contributed by atoms with E-state index in [2.05, 4.69) is 13.0 Å². The van der Waals surface area contributed by atoms with Crippen molar-refractivity contribution in [1.29, 1.82) is 0 Å². The van der Waals surface area contributed by atoms with Crippen molar-refractivity contribution in [3.63, 3.8) is 0 Å². The molecular weight excluding hydrogens is 176 g/mol. The summed E-state index contributed by atoms with van der Waals surface area (Å²) < 4.78 is 0. The Balaban J connectivity index is 2.27. The highest BCUT2D eigenvalue weighted by Crippen LogP contribution is 2.18. The standard InChI is InChI=1S/C12H18O2/c1-2-3-4-5-6-7-10-8-11(13)9-12(10)14/h5-6,8,11,13H,2-4,7,9H2,1H3/b6-5-. The lowest BCUT2D eigenvalue weighted by atomic mass is 10.1. The fourth-order valence-electron chi connectivity index (χ4n) is 1.54. The Morgan fingerprint density at radius 3 is 2.93 bits per heavy atom. The van der Waals surface area contributed by atoms with E-state index in [0.29, 0.717) is 6.42 Å². The van der Waals surface area contributed by atoms with Crippen LogP contribution in [0.15, 0.2) is 23.8 Å². The summed E-state index contributed by atoms with van der Waals surface area (Å²) in [7, 11) is 0. The zero-order valence-electron chi connectivity index (χ0n) is 8.70. The molecule has 0 spiro atoms. The van der Waals surface area contributed by atoms with Crippen LogP contribution in [0.2, 0.25) is 0 Å². The van der Waals surface area contributed by atoms with Gasteiger partial charge in [0, 0.05) is 6.42 Å². The second kappa shape index (κ2) is 5.76. The van der Waals surface area contributed by atoms with Crippen molar-refractivity contribution in [1.82, 2.24) is 0 Å². The predicted octanol–water partition coefficient (Wildman–Crippen LogP) is 2.38. The Labute approximate surface area is 85.3 Å². The Morgan fingerprint density at radius 1 is 1.57 bits per heavy atom. The molecule has 0 amide bonds. The van der Waals surface area contributed by atoms with Crippen LogP contribution in [0.5, 0.6) is 0 Å². The molecule has 1 aliphatic carbocycles. The van der Waals surface area contributed by atoms with Gasteiger partial charge < -0.3 is 5.11 Å². The van der Waals surface area contributed by atoms with Crippen molar-refractivity contribution < 1.29 is 9.90 Å². The molecule has 78 valence electrons. The molecule has 0 aromatic carbocycles. The summed E-state index contributed by atoms with van der Waals surface area (Å²) >= 11 is 0. The Kier molecular flexibility index (Phi) is 4.60. The minimum Gasteiger partial charge on any atom is -0.389 e. The van der Waals surface area contributed by atoms with Gasteiger partial charge in [0.2, 0.25) is 0 Å². The normalized spacial score (nSPS) is 22.0.